The summed E-state index contributed by atoms with van der Waals surface area (Å²) in [4.78, 5) is 64.6. The zero-order chi connectivity index (χ0) is 57.0. The minimum atomic E-state index is -2.48. The number of amides is 3. The van der Waals surface area contributed by atoms with Crippen LogP contribution in [0, 0.1) is 12.3 Å². The summed E-state index contributed by atoms with van der Waals surface area (Å²) in [5.41, 5.74) is 7.93. The second kappa shape index (κ2) is 28.1. The predicted octanol–water partition coefficient (Wildman–Crippen LogP) is 7.21. The maximum Gasteiger partial charge on any atom is 0.246 e. The van der Waals surface area contributed by atoms with Gasteiger partial charge in [-0.15, -0.1) is 11.3 Å². The van der Waals surface area contributed by atoms with Gasteiger partial charge in [0.2, 0.25) is 17.7 Å². The molecule has 80 heavy (non-hydrogen) atoms. The Kier molecular flexibility index (Phi) is 21.4. The average Bonchev–Trinajstić information content (AvgIpc) is 4.07. The summed E-state index contributed by atoms with van der Waals surface area (Å²) in [7, 11) is -0.774. The number of piperazine rings is 1. The van der Waals surface area contributed by atoms with Gasteiger partial charge in [-0.05, 0) is 67.7 Å². The second-order valence-corrected chi connectivity index (χ2v) is 27.2. The highest BCUT2D eigenvalue weighted by Gasteiger charge is 2.44. The molecule has 17 nitrogen and oxygen atoms in total. The van der Waals surface area contributed by atoms with E-state index in [0.29, 0.717) is 55.2 Å². The fraction of sp³-hybridized carbons (Fsp3) is 0.533. The van der Waals surface area contributed by atoms with Crippen LogP contribution in [0.15, 0.2) is 78.4 Å². The third-order valence-corrected chi connectivity index (χ3v) is 18.4. The van der Waals surface area contributed by atoms with Gasteiger partial charge in [0.1, 0.15) is 30.8 Å². The fourth-order valence-corrected chi connectivity index (χ4v) is 13.3. The number of ether oxygens (including phenoxy) is 3. The number of aliphatic hydroxyl groups is 1. The summed E-state index contributed by atoms with van der Waals surface area (Å²) < 4.78 is 30.5. The number of hydrogen-bond acceptors (Lipinski definition) is 15. The molecule has 3 atom stereocenters. The molecule has 3 N–H and O–H groups in total. The van der Waals surface area contributed by atoms with Gasteiger partial charge in [-0.2, -0.15) is 0 Å². The first kappa shape index (κ1) is 60.8. The number of hydrogen-bond donors (Lipinski definition) is 3. The van der Waals surface area contributed by atoms with Crippen molar-refractivity contribution >= 4 is 58.8 Å². The number of rotatable bonds is 24. The number of aliphatic hydroxyl groups excluding tert-OH is 1. The van der Waals surface area contributed by atoms with Crippen LogP contribution in [0.1, 0.15) is 86.8 Å². The van der Waals surface area contributed by atoms with Crippen LogP contribution in [0.3, 0.4) is 0 Å². The quantitative estimate of drug-likeness (QED) is 0.0415. The van der Waals surface area contributed by atoms with E-state index >= 15 is 0 Å². The van der Waals surface area contributed by atoms with E-state index in [0.717, 1.165) is 115 Å². The summed E-state index contributed by atoms with van der Waals surface area (Å²) in [6.07, 6.45) is 5.10. The van der Waals surface area contributed by atoms with Gasteiger partial charge in [0.25, 0.3) is 0 Å². The number of nitrogens with one attached hydrogen (secondary N) is 2. The molecule has 20 heteroatoms. The van der Waals surface area contributed by atoms with Gasteiger partial charge in [0, 0.05) is 126 Å². The second-order valence-electron chi connectivity index (χ2n) is 22.8. The van der Waals surface area contributed by atoms with Gasteiger partial charge in [0.15, 0.2) is 0 Å². The summed E-state index contributed by atoms with van der Waals surface area (Å²) in [6.45, 7) is 20.2. The summed E-state index contributed by atoms with van der Waals surface area (Å²) in [6, 6.07) is 20.9. The number of thiazole rings is 1. The zero-order valence-electron chi connectivity index (χ0n) is 47.6. The van der Waals surface area contributed by atoms with Gasteiger partial charge in [-0.1, -0.05) is 87.0 Å². The van der Waals surface area contributed by atoms with Crippen molar-refractivity contribution in [2.75, 3.05) is 104 Å². The van der Waals surface area contributed by atoms with Crippen molar-refractivity contribution in [1.29, 1.82) is 0 Å². The Bertz CT molecular complexity index is 2920. The van der Waals surface area contributed by atoms with E-state index in [4.69, 9.17) is 30.8 Å². The SMILES string of the molecule is COc1cc(N2CCC(N3CCN(CCCOCCOCCC(=O)N[C@H](C(=O)N4C[C@H](O)C[C@H]4C(=O)NCc4ccc(-c5scnc5C)cc4)C(C)(C)C)CC3)CC2)ccc1Cc1ncc(Cl)c(Cc2ccccc2P(C)(C)=O)n1. The fourth-order valence-electron chi connectivity index (χ4n) is 11.0. The highest BCUT2D eigenvalue weighted by molar-refractivity contribution is 7.70. The number of β-amino-alcohol motifs (C(OH)–C–C–N with tert-alkyl or cyclic N) is 1. The van der Waals surface area contributed by atoms with Crippen molar-refractivity contribution in [3.8, 4) is 16.2 Å². The molecule has 3 saturated heterocycles. The summed E-state index contributed by atoms with van der Waals surface area (Å²) in [5, 5.41) is 17.8. The van der Waals surface area contributed by atoms with Gasteiger partial charge in [0.05, 0.1) is 59.8 Å². The van der Waals surface area contributed by atoms with E-state index in [1.54, 1.807) is 38.0 Å². The minimum Gasteiger partial charge on any atom is -0.496 e. The predicted molar refractivity (Wildman–Crippen MR) is 317 cm³/mol. The first-order valence-electron chi connectivity index (χ1n) is 28.1. The van der Waals surface area contributed by atoms with Crippen LogP contribution < -0.4 is 25.6 Å². The Labute approximate surface area is 481 Å². The van der Waals surface area contributed by atoms with Crippen LogP contribution in [-0.2, 0) is 47.8 Å². The number of piperidine rings is 1. The maximum atomic E-state index is 14.0. The number of carbonyl (C=O) groups excluding carboxylic acids is 3. The highest BCUT2D eigenvalue weighted by atomic mass is 35.5. The lowest BCUT2D eigenvalue weighted by Gasteiger charge is -2.43. The van der Waals surface area contributed by atoms with Gasteiger partial charge in [-0.3, -0.25) is 19.3 Å². The molecule has 0 saturated carbocycles. The lowest BCUT2D eigenvalue weighted by Crippen LogP contribution is -2.57. The van der Waals surface area contributed by atoms with Crippen molar-refractivity contribution in [3.05, 3.63) is 117 Å². The lowest BCUT2D eigenvalue weighted by atomic mass is 9.85. The Hall–Kier alpha value is -5.30. The molecule has 0 bridgehead atoms. The number of aryl methyl sites for hydroxylation is 1. The first-order chi connectivity index (χ1) is 38.3. The summed E-state index contributed by atoms with van der Waals surface area (Å²) in [5.74, 6) is 0.383. The number of halogens is 1. The molecular weight excluding hydrogens is 1070 g/mol. The number of likely N-dealkylation sites (tertiary alicyclic amines) is 1. The van der Waals surface area contributed by atoms with Crippen LogP contribution in [0.5, 0.6) is 5.75 Å². The molecule has 5 heterocycles. The molecule has 8 rings (SSSR count). The van der Waals surface area contributed by atoms with Crippen molar-refractivity contribution in [2.45, 2.75) is 103 Å². The molecule has 3 amide bonds. The molecule has 3 aromatic carbocycles. The molecule has 0 unspecified atom stereocenters. The van der Waals surface area contributed by atoms with E-state index in [1.165, 1.54) is 4.90 Å². The highest BCUT2D eigenvalue weighted by Crippen LogP contribution is 2.37. The van der Waals surface area contributed by atoms with Gasteiger partial charge in [-0.25, -0.2) is 15.0 Å². The number of nitrogens with zero attached hydrogens (tertiary/aromatic N) is 7. The lowest BCUT2D eigenvalue weighted by molar-refractivity contribution is -0.144. The molecule has 2 aromatic heterocycles. The molecule has 0 spiro atoms. The molecule has 3 fully saturated rings. The number of benzene rings is 3. The van der Waals surface area contributed by atoms with E-state index in [2.05, 4.69) is 53.5 Å². The van der Waals surface area contributed by atoms with Gasteiger partial charge >= 0.3 is 0 Å². The number of methoxy groups -OCH3 is 1. The topological polar surface area (TPSA) is 192 Å². The monoisotopic (exact) mass is 1150 g/mol. The Morgan fingerprint density at radius 3 is 2.31 bits per heavy atom. The Balaban J connectivity index is 0.682. The first-order valence-corrected chi connectivity index (χ1v) is 31.9. The van der Waals surface area contributed by atoms with Crippen LogP contribution in [0.25, 0.3) is 10.4 Å². The third kappa shape index (κ3) is 16.5. The number of carbonyl (C=O) groups is 3. The smallest absolute Gasteiger partial charge is 0.246 e. The van der Waals surface area contributed by atoms with Crippen molar-refractivity contribution in [2.24, 2.45) is 5.41 Å². The number of anilines is 1. The van der Waals surface area contributed by atoms with Crippen LogP contribution in [0.4, 0.5) is 5.69 Å². The molecule has 0 radical (unpaired) electrons. The largest absolute Gasteiger partial charge is 0.496 e. The maximum absolute atomic E-state index is 14.0. The van der Waals surface area contributed by atoms with Gasteiger partial charge < -0.3 is 49.2 Å². The van der Waals surface area contributed by atoms with E-state index in [9.17, 15) is 24.1 Å². The molecule has 3 aliphatic rings. The van der Waals surface area contributed by atoms with Crippen molar-refractivity contribution in [3.63, 3.8) is 0 Å². The summed E-state index contributed by atoms with van der Waals surface area (Å²) >= 11 is 8.17. The van der Waals surface area contributed by atoms with Crippen molar-refractivity contribution < 1.29 is 38.3 Å². The Morgan fingerprint density at radius 2 is 1.62 bits per heavy atom. The minimum absolute atomic E-state index is 0.00960. The molecule has 3 aliphatic heterocycles. The van der Waals surface area contributed by atoms with E-state index < -0.39 is 36.7 Å². The molecule has 5 aromatic rings. The zero-order valence-corrected chi connectivity index (χ0v) is 50.1. The van der Waals surface area contributed by atoms with Crippen LogP contribution in [-0.4, -0.2) is 176 Å². The van der Waals surface area contributed by atoms with Crippen LogP contribution >= 0.6 is 30.1 Å². The molecule has 0 aliphatic carbocycles. The average molecular weight is 1150 g/mol. The Morgan fingerprint density at radius 1 is 0.900 bits per heavy atom. The van der Waals surface area contributed by atoms with E-state index in [-0.39, 0.29) is 44.4 Å². The normalized spacial score (nSPS) is 18.1. The van der Waals surface area contributed by atoms with E-state index in [1.807, 2.05) is 81.7 Å². The van der Waals surface area contributed by atoms with Crippen molar-refractivity contribution in [1.82, 2.24) is 40.3 Å². The van der Waals surface area contributed by atoms with Crippen LogP contribution in [0.2, 0.25) is 5.02 Å². The standard InChI is InChI=1S/C60H81ClN9O8PS/c1-41-56(80-40-64-41)43-15-13-42(14-16-43)37-63-58(73)51-36-48(71)39-70(51)59(74)57(60(2,3)4)66-55(72)21-30-78-32-31-77-29-10-22-67-25-27-69(28-26-67)46-19-23-68(24-20-46)47-18-17-44(52(35-47)76-5)34-54-62-38-49(61)50(65-54)33-45-11-8-9-12-53(45)79(6,7)75/h8-9,11-18,35,38,40,46,48,51,57,71H,10,19-34,36-37,39H2,1-7H3,(H,63,73)(H,66,72)/t48-,51+,57-/m1/s1. The number of aromatic nitrogens is 3. The molecule has 432 valence electrons. The third-order valence-electron chi connectivity index (χ3n) is 15.5. The molecular formula is C60H81ClN9O8PS.